The predicted octanol–water partition coefficient (Wildman–Crippen LogP) is 5.25. The normalized spacial score (nSPS) is 18.0. The summed E-state index contributed by atoms with van der Waals surface area (Å²) in [5, 5.41) is 0. The summed E-state index contributed by atoms with van der Waals surface area (Å²) in [7, 11) is 0. The summed E-state index contributed by atoms with van der Waals surface area (Å²) in [6, 6.07) is 4.03. The van der Waals surface area contributed by atoms with E-state index in [1.165, 1.54) is 5.56 Å². The summed E-state index contributed by atoms with van der Waals surface area (Å²) in [6.45, 7) is 4.44. The molecule has 0 saturated heterocycles. The molecule has 0 radical (unpaired) electrons. The van der Waals surface area contributed by atoms with Gasteiger partial charge in [0.15, 0.2) is 5.78 Å². The van der Waals surface area contributed by atoms with Crippen LogP contribution in [0, 0.1) is 0 Å². The highest BCUT2D eigenvalue weighted by Crippen LogP contribution is 2.46. The molecule has 1 nitrogen and oxygen atoms in total. The number of Topliss-reactive ketones (excluding diaryl/α,β-unsaturated/α-hetero) is 1. The molecular formula is C14H16Br2O. The smallest absolute Gasteiger partial charge is 0.163 e. The summed E-state index contributed by atoms with van der Waals surface area (Å²) in [5.74, 6) is 0.277. The second-order valence-corrected chi connectivity index (χ2v) is 6.49. The Kier molecular flexibility index (Phi) is 3.79. The molecule has 0 spiro atoms. The number of rotatable bonds is 2. The van der Waals surface area contributed by atoms with Crippen molar-refractivity contribution in [2.24, 2.45) is 0 Å². The summed E-state index contributed by atoms with van der Waals surface area (Å²) < 4.78 is 2.04. The van der Waals surface area contributed by atoms with Gasteiger partial charge in [-0.3, -0.25) is 4.79 Å². The zero-order valence-corrected chi connectivity index (χ0v) is 13.3. The first-order valence-corrected chi connectivity index (χ1v) is 7.65. The third kappa shape index (κ3) is 2.12. The van der Waals surface area contributed by atoms with E-state index in [-0.39, 0.29) is 11.2 Å². The molecule has 0 fully saturated rings. The molecule has 17 heavy (non-hydrogen) atoms. The second-order valence-electron chi connectivity index (χ2n) is 4.72. The van der Waals surface area contributed by atoms with Crippen LogP contribution in [0.5, 0.6) is 0 Å². The summed E-state index contributed by atoms with van der Waals surface area (Å²) in [4.78, 5) is 12.1. The highest BCUT2D eigenvalue weighted by molar-refractivity contribution is 9.11. The zero-order valence-electron chi connectivity index (χ0n) is 10.1. The molecule has 2 rings (SSSR count). The van der Waals surface area contributed by atoms with Gasteiger partial charge in [0.1, 0.15) is 0 Å². The molecule has 1 aromatic carbocycles. The Balaban J connectivity index is 2.71. The number of carbonyl (C=O) groups excluding carboxylic acids is 1. The van der Waals surface area contributed by atoms with Crippen molar-refractivity contribution in [3.05, 3.63) is 32.2 Å². The maximum absolute atomic E-state index is 12.1. The first kappa shape index (κ1) is 13.3. The van der Waals surface area contributed by atoms with Crippen molar-refractivity contribution < 1.29 is 4.79 Å². The first-order chi connectivity index (χ1) is 8.04. The van der Waals surface area contributed by atoms with Crippen LogP contribution in [0.15, 0.2) is 21.1 Å². The summed E-state index contributed by atoms with van der Waals surface area (Å²) in [6.07, 6.45) is 3.83. The van der Waals surface area contributed by atoms with E-state index >= 15 is 0 Å². The Bertz CT molecular complexity index is 462. The molecule has 0 N–H and O–H groups in total. The minimum absolute atomic E-state index is 0.169. The molecule has 1 aliphatic carbocycles. The SMILES string of the molecule is CCC1(CC)CCC(=O)c2cc(Br)cc(Br)c21. The number of ketones is 1. The third-order valence-electron chi connectivity index (χ3n) is 4.07. The topological polar surface area (TPSA) is 17.1 Å². The minimum atomic E-state index is 0.169. The van der Waals surface area contributed by atoms with Gasteiger partial charge in [-0.15, -0.1) is 0 Å². The van der Waals surface area contributed by atoms with Crippen LogP contribution in [0.1, 0.15) is 55.5 Å². The molecule has 0 amide bonds. The molecule has 1 aliphatic rings. The molecule has 0 heterocycles. The van der Waals surface area contributed by atoms with Crippen LogP contribution in [-0.2, 0) is 5.41 Å². The fraction of sp³-hybridized carbons (Fsp3) is 0.500. The van der Waals surface area contributed by atoms with Gasteiger partial charge < -0.3 is 0 Å². The van der Waals surface area contributed by atoms with E-state index in [1.54, 1.807) is 0 Å². The van der Waals surface area contributed by atoms with E-state index in [0.717, 1.165) is 33.8 Å². The van der Waals surface area contributed by atoms with Crippen molar-refractivity contribution in [3.8, 4) is 0 Å². The van der Waals surface area contributed by atoms with Crippen molar-refractivity contribution >= 4 is 37.6 Å². The Labute approximate surface area is 119 Å². The van der Waals surface area contributed by atoms with Crippen LogP contribution in [0.25, 0.3) is 0 Å². The zero-order chi connectivity index (χ0) is 12.6. The Morgan fingerprint density at radius 1 is 1.24 bits per heavy atom. The fourth-order valence-electron chi connectivity index (χ4n) is 2.90. The lowest BCUT2D eigenvalue weighted by Gasteiger charge is -2.38. The number of hydrogen-bond acceptors (Lipinski definition) is 1. The van der Waals surface area contributed by atoms with Gasteiger partial charge in [-0.2, -0.15) is 0 Å². The van der Waals surface area contributed by atoms with Gasteiger partial charge >= 0.3 is 0 Å². The van der Waals surface area contributed by atoms with E-state index in [0.29, 0.717) is 6.42 Å². The third-order valence-corrected chi connectivity index (χ3v) is 5.15. The predicted molar refractivity (Wildman–Crippen MR) is 77.7 cm³/mol. The number of halogens is 2. The fourth-order valence-corrected chi connectivity index (χ4v) is 4.55. The van der Waals surface area contributed by atoms with Crippen LogP contribution < -0.4 is 0 Å². The lowest BCUT2D eigenvalue weighted by atomic mass is 9.66. The Morgan fingerprint density at radius 2 is 1.88 bits per heavy atom. The van der Waals surface area contributed by atoms with Gasteiger partial charge in [-0.05, 0) is 42.4 Å². The monoisotopic (exact) mass is 358 g/mol. The highest BCUT2D eigenvalue weighted by atomic mass is 79.9. The molecule has 0 bridgehead atoms. The Hall–Kier alpha value is -0.150. The largest absolute Gasteiger partial charge is 0.294 e. The van der Waals surface area contributed by atoms with E-state index in [2.05, 4.69) is 51.8 Å². The summed E-state index contributed by atoms with van der Waals surface area (Å²) in [5.41, 5.74) is 2.30. The van der Waals surface area contributed by atoms with Crippen molar-refractivity contribution in [2.45, 2.75) is 44.9 Å². The van der Waals surface area contributed by atoms with Crippen LogP contribution in [-0.4, -0.2) is 5.78 Å². The van der Waals surface area contributed by atoms with Crippen molar-refractivity contribution in [3.63, 3.8) is 0 Å². The minimum Gasteiger partial charge on any atom is -0.294 e. The molecule has 1 aromatic rings. The van der Waals surface area contributed by atoms with E-state index in [1.807, 2.05) is 6.07 Å². The summed E-state index contributed by atoms with van der Waals surface area (Å²) >= 11 is 7.10. The second kappa shape index (κ2) is 4.85. The lowest BCUT2D eigenvalue weighted by molar-refractivity contribution is 0.0948. The maximum Gasteiger partial charge on any atom is 0.163 e. The van der Waals surface area contributed by atoms with Gasteiger partial charge in [0, 0.05) is 20.9 Å². The number of hydrogen-bond donors (Lipinski definition) is 0. The molecule has 0 saturated carbocycles. The average Bonchev–Trinajstić information content (AvgIpc) is 2.31. The molecule has 0 aliphatic heterocycles. The van der Waals surface area contributed by atoms with Crippen LogP contribution in [0.4, 0.5) is 0 Å². The van der Waals surface area contributed by atoms with E-state index < -0.39 is 0 Å². The van der Waals surface area contributed by atoms with Gasteiger partial charge in [-0.25, -0.2) is 0 Å². The number of fused-ring (bicyclic) bond motifs is 1. The van der Waals surface area contributed by atoms with E-state index in [9.17, 15) is 4.79 Å². The first-order valence-electron chi connectivity index (χ1n) is 6.07. The van der Waals surface area contributed by atoms with Crippen molar-refractivity contribution in [2.75, 3.05) is 0 Å². The van der Waals surface area contributed by atoms with Crippen LogP contribution in [0.3, 0.4) is 0 Å². The quantitative estimate of drug-likeness (QED) is 0.705. The number of carbonyl (C=O) groups is 1. The van der Waals surface area contributed by atoms with Crippen LogP contribution in [0.2, 0.25) is 0 Å². The van der Waals surface area contributed by atoms with Crippen molar-refractivity contribution in [1.29, 1.82) is 0 Å². The highest BCUT2D eigenvalue weighted by Gasteiger charge is 2.38. The van der Waals surface area contributed by atoms with E-state index in [4.69, 9.17) is 0 Å². The maximum atomic E-state index is 12.1. The average molecular weight is 360 g/mol. The molecule has 0 unspecified atom stereocenters. The van der Waals surface area contributed by atoms with Gasteiger partial charge in [0.25, 0.3) is 0 Å². The van der Waals surface area contributed by atoms with Crippen LogP contribution >= 0.6 is 31.9 Å². The lowest BCUT2D eigenvalue weighted by Crippen LogP contribution is -2.32. The van der Waals surface area contributed by atoms with Gasteiger partial charge in [0.05, 0.1) is 0 Å². The number of benzene rings is 1. The molecular weight excluding hydrogens is 344 g/mol. The standard InChI is InChI=1S/C14H16Br2O/c1-3-14(4-2)6-5-12(17)10-7-9(15)8-11(16)13(10)14/h7-8H,3-6H2,1-2H3. The van der Waals surface area contributed by atoms with Crippen molar-refractivity contribution in [1.82, 2.24) is 0 Å². The molecule has 92 valence electrons. The molecule has 3 heteroatoms. The van der Waals surface area contributed by atoms with Gasteiger partial charge in [0.2, 0.25) is 0 Å². The molecule has 0 aromatic heterocycles. The van der Waals surface area contributed by atoms with Gasteiger partial charge in [-0.1, -0.05) is 45.7 Å². The Morgan fingerprint density at radius 3 is 2.47 bits per heavy atom. The molecule has 0 atom stereocenters.